The lowest BCUT2D eigenvalue weighted by atomic mass is 10.2. The van der Waals surface area contributed by atoms with Crippen molar-refractivity contribution in [3.8, 4) is 0 Å². The first-order valence-corrected chi connectivity index (χ1v) is 6.87. The van der Waals surface area contributed by atoms with Crippen molar-refractivity contribution >= 4 is 17.2 Å². The number of nitrogens with zero attached hydrogens (tertiary/aromatic N) is 3. The van der Waals surface area contributed by atoms with Crippen molar-refractivity contribution in [3.63, 3.8) is 0 Å². The Bertz CT molecular complexity index is 541. The number of thiazole rings is 1. The first-order valence-electron chi connectivity index (χ1n) is 5.99. The van der Waals surface area contributed by atoms with E-state index < -0.39 is 0 Å². The topological polar surface area (TPSA) is 72.1 Å². The van der Waals surface area contributed by atoms with Gasteiger partial charge in [0.1, 0.15) is 5.69 Å². The molecule has 2 rings (SSSR count). The summed E-state index contributed by atoms with van der Waals surface area (Å²) in [5, 5.41) is 2.69. The molecule has 0 fully saturated rings. The number of nitrogens with two attached hydrogens (primary N) is 1. The van der Waals surface area contributed by atoms with E-state index in [9.17, 15) is 4.79 Å². The summed E-state index contributed by atoms with van der Waals surface area (Å²) in [6.45, 7) is 1.07. The smallest absolute Gasteiger partial charge is 0.273 e. The maximum atomic E-state index is 12.2. The van der Waals surface area contributed by atoms with Crippen LogP contribution in [0.25, 0.3) is 0 Å². The third-order valence-electron chi connectivity index (χ3n) is 2.62. The van der Waals surface area contributed by atoms with Crippen molar-refractivity contribution in [1.29, 1.82) is 0 Å². The van der Waals surface area contributed by atoms with E-state index in [4.69, 9.17) is 5.73 Å². The Labute approximate surface area is 116 Å². The van der Waals surface area contributed by atoms with Crippen LogP contribution >= 0.6 is 11.3 Å². The second kappa shape index (κ2) is 6.40. The number of amides is 1. The summed E-state index contributed by atoms with van der Waals surface area (Å²) in [6.07, 6.45) is 4.18. The molecule has 19 heavy (non-hydrogen) atoms. The highest BCUT2D eigenvalue weighted by Crippen LogP contribution is 2.13. The predicted octanol–water partition coefficient (Wildman–Crippen LogP) is 1.31. The molecule has 0 aliphatic heterocycles. The summed E-state index contributed by atoms with van der Waals surface area (Å²) >= 11 is 1.48. The molecule has 0 aliphatic rings. The van der Waals surface area contributed by atoms with E-state index in [-0.39, 0.29) is 5.91 Å². The van der Waals surface area contributed by atoms with E-state index in [1.807, 2.05) is 12.1 Å². The highest BCUT2D eigenvalue weighted by molar-refractivity contribution is 7.09. The van der Waals surface area contributed by atoms with Crippen LogP contribution in [0.5, 0.6) is 0 Å². The standard InChI is InChI=1S/C13H16N4OS/c1-17(8-10-3-2-6-15-7-10)13(18)11-9-19-12(16-11)4-5-14/h2-3,6-7,9H,4-5,8,14H2,1H3. The molecule has 100 valence electrons. The van der Waals surface area contributed by atoms with Crippen LogP contribution in [0.3, 0.4) is 0 Å². The van der Waals surface area contributed by atoms with Crippen molar-refractivity contribution in [2.45, 2.75) is 13.0 Å². The van der Waals surface area contributed by atoms with Crippen LogP contribution in [0.4, 0.5) is 0 Å². The van der Waals surface area contributed by atoms with Crippen LogP contribution in [0.2, 0.25) is 0 Å². The Morgan fingerprint density at radius 1 is 1.53 bits per heavy atom. The first kappa shape index (κ1) is 13.6. The molecule has 2 aromatic rings. The minimum Gasteiger partial charge on any atom is -0.336 e. The summed E-state index contributed by atoms with van der Waals surface area (Å²) in [6, 6.07) is 3.80. The van der Waals surface area contributed by atoms with Gasteiger partial charge in [-0.25, -0.2) is 4.98 Å². The van der Waals surface area contributed by atoms with E-state index in [1.54, 1.807) is 29.7 Å². The van der Waals surface area contributed by atoms with Crippen LogP contribution < -0.4 is 5.73 Å². The SMILES string of the molecule is CN(Cc1cccnc1)C(=O)c1csc(CCN)n1. The van der Waals surface area contributed by atoms with Crippen LogP contribution in [-0.2, 0) is 13.0 Å². The Hall–Kier alpha value is -1.79. The second-order valence-corrected chi connectivity index (χ2v) is 5.13. The van der Waals surface area contributed by atoms with Crippen molar-refractivity contribution in [3.05, 3.63) is 46.2 Å². The van der Waals surface area contributed by atoms with Gasteiger partial charge in [0.25, 0.3) is 5.91 Å². The van der Waals surface area contributed by atoms with Gasteiger partial charge in [-0.3, -0.25) is 9.78 Å². The molecular weight excluding hydrogens is 260 g/mol. The highest BCUT2D eigenvalue weighted by atomic mass is 32.1. The van der Waals surface area contributed by atoms with Crippen LogP contribution in [0.1, 0.15) is 21.1 Å². The maximum absolute atomic E-state index is 12.2. The zero-order chi connectivity index (χ0) is 13.7. The zero-order valence-electron chi connectivity index (χ0n) is 10.7. The summed E-state index contributed by atoms with van der Waals surface area (Å²) in [5.41, 5.74) is 6.95. The lowest BCUT2D eigenvalue weighted by Crippen LogP contribution is -2.26. The van der Waals surface area contributed by atoms with Gasteiger partial charge in [-0.2, -0.15) is 0 Å². The van der Waals surface area contributed by atoms with Gasteiger partial charge in [0.05, 0.1) is 5.01 Å². The molecule has 0 aromatic carbocycles. The molecule has 0 aliphatic carbocycles. The van der Waals surface area contributed by atoms with Gasteiger partial charge in [-0.05, 0) is 18.2 Å². The zero-order valence-corrected chi connectivity index (χ0v) is 11.6. The summed E-state index contributed by atoms with van der Waals surface area (Å²) in [7, 11) is 1.76. The fourth-order valence-corrected chi connectivity index (χ4v) is 2.47. The summed E-state index contributed by atoms with van der Waals surface area (Å²) in [4.78, 5) is 22.1. The van der Waals surface area contributed by atoms with Gasteiger partial charge in [-0.15, -0.1) is 11.3 Å². The molecule has 0 radical (unpaired) electrons. The predicted molar refractivity (Wildman–Crippen MR) is 74.9 cm³/mol. The molecule has 0 saturated carbocycles. The quantitative estimate of drug-likeness (QED) is 0.893. The molecule has 0 atom stereocenters. The van der Waals surface area contributed by atoms with E-state index >= 15 is 0 Å². The largest absolute Gasteiger partial charge is 0.336 e. The normalized spacial score (nSPS) is 10.4. The molecule has 1 amide bonds. The van der Waals surface area contributed by atoms with E-state index in [1.165, 1.54) is 11.3 Å². The third kappa shape index (κ3) is 3.59. The molecule has 2 aromatic heterocycles. The molecule has 2 heterocycles. The van der Waals surface area contributed by atoms with Gasteiger partial charge in [0.15, 0.2) is 0 Å². The number of carbonyl (C=O) groups excluding carboxylic acids is 1. The van der Waals surface area contributed by atoms with Crippen molar-refractivity contribution in [2.75, 3.05) is 13.6 Å². The molecular formula is C13H16N4OS. The maximum Gasteiger partial charge on any atom is 0.273 e. The van der Waals surface area contributed by atoms with Gasteiger partial charge in [0.2, 0.25) is 0 Å². The average Bonchev–Trinajstić information content (AvgIpc) is 2.88. The van der Waals surface area contributed by atoms with Crippen LogP contribution in [-0.4, -0.2) is 34.4 Å². The van der Waals surface area contributed by atoms with Crippen molar-refractivity contribution in [2.24, 2.45) is 5.73 Å². The van der Waals surface area contributed by atoms with E-state index in [0.717, 1.165) is 10.6 Å². The number of hydrogen-bond acceptors (Lipinski definition) is 5. The summed E-state index contributed by atoms with van der Waals surface area (Å²) < 4.78 is 0. The third-order valence-corrected chi connectivity index (χ3v) is 3.53. The Balaban J connectivity index is 2.02. The minimum atomic E-state index is -0.0802. The van der Waals surface area contributed by atoms with Crippen molar-refractivity contribution < 1.29 is 4.79 Å². The first-order chi connectivity index (χ1) is 9.20. The van der Waals surface area contributed by atoms with Gasteiger partial charge >= 0.3 is 0 Å². The monoisotopic (exact) mass is 276 g/mol. The lowest BCUT2D eigenvalue weighted by Gasteiger charge is -2.15. The van der Waals surface area contributed by atoms with E-state index in [2.05, 4.69) is 9.97 Å². The molecule has 0 bridgehead atoms. The molecule has 0 spiro atoms. The summed E-state index contributed by atoms with van der Waals surface area (Å²) in [5.74, 6) is -0.0802. The number of aromatic nitrogens is 2. The van der Waals surface area contributed by atoms with Gasteiger partial charge in [-0.1, -0.05) is 6.07 Å². The number of carbonyl (C=O) groups is 1. The van der Waals surface area contributed by atoms with Crippen LogP contribution in [0, 0.1) is 0 Å². The molecule has 5 nitrogen and oxygen atoms in total. The number of pyridine rings is 1. The average molecular weight is 276 g/mol. The Kier molecular flexibility index (Phi) is 4.59. The molecule has 0 saturated heterocycles. The fraction of sp³-hybridized carbons (Fsp3) is 0.308. The molecule has 0 unspecified atom stereocenters. The minimum absolute atomic E-state index is 0.0802. The molecule has 6 heteroatoms. The highest BCUT2D eigenvalue weighted by Gasteiger charge is 2.15. The Morgan fingerprint density at radius 3 is 3.05 bits per heavy atom. The second-order valence-electron chi connectivity index (χ2n) is 4.19. The molecule has 2 N–H and O–H groups in total. The number of rotatable bonds is 5. The number of hydrogen-bond donors (Lipinski definition) is 1. The van der Waals surface area contributed by atoms with Gasteiger partial charge in [0, 0.05) is 37.8 Å². The van der Waals surface area contributed by atoms with Crippen LogP contribution in [0.15, 0.2) is 29.9 Å². The van der Waals surface area contributed by atoms with Crippen molar-refractivity contribution in [1.82, 2.24) is 14.9 Å². The van der Waals surface area contributed by atoms with Gasteiger partial charge < -0.3 is 10.6 Å². The Morgan fingerprint density at radius 2 is 2.37 bits per heavy atom. The lowest BCUT2D eigenvalue weighted by molar-refractivity contribution is 0.0780. The van der Waals surface area contributed by atoms with E-state index in [0.29, 0.717) is 25.2 Å². The fourth-order valence-electron chi connectivity index (χ4n) is 1.68.